The zero-order valence-electron chi connectivity index (χ0n) is 16.1. The molecule has 0 radical (unpaired) electrons. The van der Waals surface area contributed by atoms with E-state index in [-0.39, 0.29) is 5.41 Å². The second-order valence-corrected chi connectivity index (χ2v) is 7.92. The molecular formula is C24H24N4. The predicted molar refractivity (Wildman–Crippen MR) is 114 cm³/mol. The Morgan fingerprint density at radius 2 is 1.89 bits per heavy atom. The highest BCUT2D eigenvalue weighted by Crippen LogP contribution is 2.55. The maximum Gasteiger partial charge on any atom is 0.222 e. The highest BCUT2D eigenvalue weighted by molar-refractivity contribution is 5.61. The average Bonchev–Trinajstić information content (AvgIpc) is 3.36. The van der Waals surface area contributed by atoms with Crippen molar-refractivity contribution >= 4 is 17.5 Å². The maximum absolute atomic E-state index is 6.00. The van der Waals surface area contributed by atoms with Gasteiger partial charge in [-0.1, -0.05) is 53.6 Å². The van der Waals surface area contributed by atoms with Crippen molar-refractivity contribution in [1.29, 1.82) is 0 Å². The van der Waals surface area contributed by atoms with Crippen LogP contribution in [-0.4, -0.2) is 9.97 Å². The standard InChI is InChI=1S/C24H24N4/c1-16-8-10-19(11-9-16)26-22-14-20(27-23(25)28-22)13-18-15-24(18)12-4-6-17-5-2-3-7-21(17)24/h2-3,5,7-11,14-15H,4,6,12-13H2,1H3,(H3,25,26,27,28). The van der Waals surface area contributed by atoms with Crippen molar-refractivity contribution in [3.8, 4) is 0 Å². The van der Waals surface area contributed by atoms with Crippen LogP contribution in [0.4, 0.5) is 17.5 Å². The molecule has 1 spiro atoms. The van der Waals surface area contributed by atoms with Crippen LogP contribution in [-0.2, 0) is 18.3 Å². The zero-order chi connectivity index (χ0) is 19.1. The Balaban J connectivity index is 1.36. The van der Waals surface area contributed by atoms with Gasteiger partial charge in [0, 0.05) is 23.6 Å². The molecule has 0 bridgehead atoms. The van der Waals surface area contributed by atoms with E-state index in [0.717, 1.165) is 23.6 Å². The largest absolute Gasteiger partial charge is 0.368 e. The molecule has 0 saturated heterocycles. The topological polar surface area (TPSA) is 63.8 Å². The number of nitrogen functional groups attached to an aromatic ring is 1. The van der Waals surface area contributed by atoms with Crippen molar-refractivity contribution in [2.75, 3.05) is 11.1 Å². The molecule has 2 aromatic carbocycles. The van der Waals surface area contributed by atoms with Crippen LogP contribution in [0.25, 0.3) is 0 Å². The molecule has 1 aromatic heterocycles. The molecule has 0 fully saturated rings. The van der Waals surface area contributed by atoms with Gasteiger partial charge in [0.2, 0.25) is 5.95 Å². The van der Waals surface area contributed by atoms with Gasteiger partial charge in [0.15, 0.2) is 0 Å². The van der Waals surface area contributed by atoms with E-state index in [0.29, 0.717) is 5.95 Å². The van der Waals surface area contributed by atoms with E-state index in [1.807, 2.05) is 18.2 Å². The molecule has 28 heavy (non-hydrogen) atoms. The highest BCUT2D eigenvalue weighted by Gasteiger charge is 2.47. The highest BCUT2D eigenvalue weighted by atomic mass is 15.1. The van der Waals surface area contributed by atoms with Crippen LogP contribution in [0.3, 0.4) is 0 Å². The molecule has 1 heterocycles. The summed E-state index contributed by atoms with van der Waals surface area (Å²) < 4.78 is 0. The number of aromatic nitrogens is 2. The van der Waals surface area contributed by atoms with E-state index in [4.69, 9.17) is 5.73 Å². The number of allylic oxidation sites excluding steroid dienone is 2. The second kappa shape index (κ2) is 6.48. The second-order valence-electron chi connectivity index (χ2n) is 7.92. The maximum atomic E-state index is 6.00. The summed E-state index contributed by atoms with van der Waals surface area (Å²) in [5, 5.41) is 3.34. The lowest BCUT2D eigenvalue weighted by molar-refractivity contribution is 0.562. The van der Waals surface area contributed by atoms with E-state index in [1.165, 1.54) is 41.5 Å². The molecule has 140 valence electrons. The van der Waals surface area contributed by atoms with Crippen LogP contribution < -0.4 is 11.1 Å². The van der Waals surface area contributed by atoms with E-state index < -0.39 is 0 Å². The fraction of sp³-hybridized carbons (Fsp3) is 0.250. The summed E-state index contributed by atoms with van der Waals surface area (Å²) in [6, 6.07) is 19.1. The van der Waals surface area contributed by atoms with Crippen LogP contribution >= 0.6 is 0 Å². The average molecular weight is 368 g/mol. The number of anilines is 3. The minimum atomic E-state index is 0.152. The lowest BCUT2D eigenvalue weighted by Crippen LogP contribution is -2.20. The van der Waals surface area contributed by atoms with Crippen LogP contribution in [0, 0.1) is 6.92 Å². The molecule has 3 N–H and O–H groups in total. The Morgan fingerprint density at radius 1 is 1.07 bits per heavy atom. The number of hydrogen-bond donors (Lipinski definition) is 2. The molecule has 3 aromatic rings. The van der Waals surface area contributed by atoms with E-state index in [9.17, 15) is 0 Å². The third-order valence-corrected chi connectivity index (χ3v) is 5.92. The first-order chi connectivity index (χ1) is 13.6. The van der Waals surface area contributed by atoms with Crippen molar-refractivity contribution in [3.63, 3.8) is 0 Å². The first-order valence-corrected chi connectivity index (χ1v) is 9.90. The molecule has 2 aliphatic rings. The summed E-state index contributed by atoms with van der Waals surface area (Å²) in [6.07, 6.45) is 6.88. The number of nitrogens with two attached hydrogens (primary N) is 1. The van der Waals surface area contributed by atoms with Gasteiger partial charge in [0.1, 0.15) is 5.82 Å². The normalized spacial score (nSPS) is 19.8. The van der Waals surface area contributed by atoms with E-state index in [2.05, 4.69) is 64.7 Å². The summed E-state index contributed by atoms with van der Waals surface area (Å²) in [5.74, 6) is 1.05. The van der Waals surface area contributed by atoms with Gasteiger partial charge in [-0.25, -0.2) is 4.98 Å². The third-order valence-electron chi connectivity index (χ3n) is 5.92. The lowest BCUT2D eigenvalue weighted by Gasteiger charge is -2.27. The van der Waals surface area contributed by atoms with Crippen molar-refractivity contribution < 1.29 is 0 Å². The molecule has 0 aliphatic heterocycles. The Morgan fingerprint density at radius 3 is 2.75 bits per heavy atom. The van der Waals surface area contributed by atoms with Gasteiger partial charge in [-0.15, -0.1) is 0 Å². The van der Waals surface area contributed by atoms with Crippen LogP contribution in [0.5, 0.6) is 0 Å². The minimum Gasteiger partial charge on any atom is -0.368 e. The van der Waals surface area contributed by atoms with Crippen LogP contribution in [0.2, 0.25) is 0 Å². The van der Waals surface area contributed by atoms with Gasteiger partial charge >= 0.3 is 0 Å². The summed E-state index contributed by atoms with van der Waals surface area (Å²) in [5.41, 5.74) is 13.8. The number of rotatable bonds is 4. The SMILES string of the molecule is Cc1ccc(Nc2cc(CC3=CC34CCCc3ccccc34)nc(N)n2)cc1. The molecule has 1 unspecified atom stereocenters. The Labute approximate surface area is 165 Å². The summed E-state index contributed by atoms with van der Waals surface area (Å²) in [4.78, 5) is 8.84. The zero-order valence-corrected chi connectivity index (χ0v) is 16.1. The monoisotopic (exact) mass is 368 g/mol. The van der Waals surface area contributed by atoms with Gasteiger partial charge in [0.25, 0.3) is 0 Å². The van der Waals surface area contributed by atoms with Gasteiger partial charge < -0.3 is 11.1 Å². The molecule has 4 nitrogen and oxygen atoms in total. The number of nitrogens with zero attached hydrogens (tertiary/aromatic N) is 2. The fourth-order valence-electron chi connectivity index (χ4n) is 4.47. The first kappa shape index (κ1) is 17.0. The van der Waals surface area contributed by atoms with E-state index >= 15 is 0 Å². The lowest BCUT2D eigenvalue weighted by atomic mass is 9.76. The summed E-state index contributed by atoms with van der Waals surface area (Å²) in [6.45, 7) is 2.08. The summed E-state index contributed by atoms with van der Waals surface area (Å²) >= 11 is 0. The minimum absolute atomic E-state index is 0.152. The predicted octanol–water partition coefficient (Wildman–Crippen LogP) is 4.87. The molecule has 2 aliphatic carbocycles. The molecule has 1 atom stereocenters. The first-order valence-electron chi connectivity index (χ1n) is 9.90. The molecule has 0 amide bonds. The van der Waals surface area contributed by atoms with Crippen molar-refractivity contribution in [1.82, 2.24) is 9.97 Å². The van der Waals surface area contributed by atoms with Gasteiger partial charge in [-0.3, -0.25) is 0 Å². The number of benzene rings is 2. The quantitative estimate of drug-likeness (QED) is 0.645. The molecule has 4 heteroatoms. The smallest absolute Gasteiger partial charge is 0.222 e. The Bertz CT molecular complexity index is 1070. The van der Waals surface area contributed by atoms with Gasteiger partial charge in [-0.05, 0) is 49.4 Å². The van der Waals surface area contributed by atoms with Crippen LogP contribution in [0.1, 0.15) is 35.2 Å². The number of fused-ring (bicyclic) bond motifs is 2. The third kappa shape index (κ3) is 3.05. The van der Waals surface area contributed by atoms with Crippen LogP contribution in [0.15, 0.2) is 66.2 Å². The summed E-state index contributed by atoms with van der Waals surface area (Å²) in [7, 11) is 0. The molecule has 0 saturated carbocycles. The fourth-order valence-corrected chi connectivity index (χ4v) is 4.47. The van der Waals surface area contributed by atoms with E-state index in [1.54, 1.807) is 0 Å². The van der Waals surface area contributed by atoms with Crippen molar-refractivity contribution in [3.05, 3.63) is 88.6 Å². The molecular weight excluding hydrogens is 344 g/mol. The molecule has 5 rings (SSSR count). The Hall–Kier alpha value is -3.14. The van der Waals surface area contributed by atoms with Gasteiger partial charge in [0.05, 0.1) is 5.69 Å². The van der Waals surface area contributed by atoms with Gasteiger partial charge in [-0.2, -0.15) is 4.98 Å². The number of hydrogen-bond acceptors (Lipinski definition) is 4. The Kier molecular flexibility index (Phi) is 3.93. The number of nitrogens with one attached hydrogen (secondary N) is 1. The van der Waals surface area contributed by atoms with Crippen molar-refractivity contribution in [2.45, 2.75) is 38.0 Å². The number of aryl methyl sites for hydroxylation is 2. The van der Waals surface area contributed by atoms with Crippen molar-refractivity contribution in [2.24, 2.45) is 0 Å².